The first-order valence-electron chi connectivity index (χ1n) is 18.0. The molecule has 1 aliphatic rings. The van der Waals surface area contributed by atoms with Crippen LogP contribution >= 0.6 is 21.6 Å². The molecule has 0 saturated carbocycles. The van der Waals surface area contributed by atoms with Gasteiger partial charge in [0.2, 0.25) is 29.5 Å². The summed E-state index contributed by atoms with van der Waals surface area (Å²) in [5, 5.41) is 25.5. The molecule has 56 heavy (non-hydrogen) atoms. The van der Waals surface area contributed by atoms with Crippen molar-refractivity contribution in [2.45, 2.75) is 56.3 Å². The number of nitrogens with zero attached hydrogens (tertiary/aromatic N) is 2. The van der Waals surface area contributed by atoms with Gasteiger partial charge in [0, 0.05) is 37.4 Å². The number of phenolic OH excluding ortho intramolecular Hbond substituents is 1. The number of amides is 5. The third-order valence-corrected chi connectivity index (χ3v) is 11.0. The Kier molecular flexibility index (Phi) is 16.9. The molecule has 300 valence electrons. The molecular weight excluding hydrogens is 759 g/mol. The lowest BCUT2D eigenvalue weighted by molar-refractivity contribution is -0.134. The average molecular weight is 808 g/mol. The Morgan fingerprint density at radius 2 is 1.41 bits per heavy atom. The molecule has 0 bridgehead atoms. The minimum absolute atomic E-state index is 0.00204. The normalized spacial score (nSPS) is 19.3. The summed E-state index contributed by atoms with van der Waals surface area (Å²) in [5.74, 6) is -2.86. The van der Waals surface area contributed by atoms with Crippen LogP contribution in [0.1, 0.15) is 30.4 Å². The molecule has 19 heteroatoms. The van der Waals surface area contributed by atoms with Gasteiger partial charge in [0.1, 0.15) is 29.9 Å². The van der Waals surface area contributed by atoms with E-state index in [2.05, 4.69) is 36.6 Å². The number of guanidine groups is 2. The average Bonchev–Trinajstić information content (AvgIpc) is 3.16. The van der Waals surface area contributed by atoms with Crippen LogP contribution in [0.5, 0.6) is 5.75 Å². The summed E-state index contributed by atoms with van der Waals surface area (Å²) >= 11 is 0. The van der Waals surface area contributed by atoms with Crippen LogP contribution in [-0.4, -0.2) is 102 Å². The van der Waals surface area contributed by atoms with Crippen molar-refractivity contribution in [2.75, 3.05) is 31.1 Å². The number of rotatable bonds is 14. The van der Waals surface area contributed by atoms with Crippen molar-refractivity contribution in [2.24, 2.45) is 32.9 Å². The molecule has 1 saturated heterocycles. The van der Waals surface area contributed by atoms with Gasteiger partial charge in [-0.05, 0) is 53.3 Å². The lowest BCUT2D eigenvalue weighted by atomic mass is 10.00. The number of carbonyl (C=O) groups excluding carboxylic acids is 5. The van der Waals surface area contributed by atoms with Crippen LogP contribution in [0, 0.1) is 0 Å². The summed E-state index contributed by atoms with van der Waals surface area (Å²) in [7, 11) is 2.44. The van der Waals surface area contributed by atoms with Gasteiger partial charge in [0.25, 0.3) is 0 Å². The van der Waals surface area contributed by atoms with Crippen LogP contribution in [0.25, 0.3) is 10.8 Å². The van der Waals surface area contributed by atoms with Crippen LogP contribution in [0.4, 0.5) is 0 Å². The second kappa shape index (κ2) is 22.0. The van der Waals surface area contributed by atoms with Crippen LogP contribution in [0.15, 0.2) is 76.7 Å². The largest absolute Gasteiger partial charge is 0.508 e. The molecule has 1 fully saturated rings. The zero-order valence-corrected chi connectivity index (χ0v) is 32.4. The fraction of sp³-hybridized carbons (Fsp3) is 0.378. The van der Waals surface area contributed by atoms with Gasteiger partial charge in [0.05, 0.1) is 6.54 Å². The summed E-state index contributed by atoms with van der Waals surface area (Å²) in [6.07, 6.45) is 0.834. The van der Waals surface area contributed by atoms with E-state index in [1.807, 2.05) is 42.5 Å². The maximum absolute atomic E-state index is 14.1. The van der Waals surface area contributed by atoms with E-state index in [0.29, 0.717) is 12.8 Å². The van der Waals surface area contributed by atoms with Crippen molar-refractivity contribution in [3.8, 4) is 5.75 Å². The van der Waals surface area contributed by atoms with E-state index < -0.39 is 53.7 Å². The van der Waals surface area contributed by atoms with Gasteiger partial charge >= 0.3 is 0 Å². The van der Waals surface area contributed by atoms with E-state index in [1.54, 1.807) is 24.3 Å². The predicted molar refractivity (Wildman–Crippen MR) is 220 cm³/mol. The molecule has 5 amide bonds. The molecular formula is C37H49N11O6S2. The number of nitrogens with two attached hydrogens (primary N) is 4. The highest BCUT2D eigenvalue weighted by Gasteiger charge is 2.32. The zero-order chi connectivity index (χ0) is 40.5. The second-order valence-corrected chi connectivity index (χ2v) is 15.5. The monoisotopic (exact) mass is 807 g/mol. The third kappa shape index (κ3) is 14.5. The molecule has 0 aromatic heterocycles. The van der Waals surface area contributed by atoms with Crippen molar-refractivity contribution < 1.29 is 29.1 Å². The SMILES string of the molecule is NC(N)=NCCC[C@@H]1NC(=O)[C@@H](NC(=O)CCN=C(N)N)CSSC[C@H](C(=O)NCCc2ccc(O)cc2)NC(=O)[C@@H](Cc2ccc3ccccc3c2)NC1=O. The van der Waals surface area contributed by atoms with Gasteiger partial charge in [-0.2, -0.15) is 0 Å². The highest BCUT2D eigenvalue weighted by molar-refractivity contribution is 8.76. The van der Waals surface area contributed by atoms with E-state index >= 15 is 0 Å². The Bertz CT molecular complexity index is 1890. The minimum atomic E-state index is -1.15. The Labute approximate surface area is 332 Å². The number of fused-ring (bicyclic) bond motifs is 1. The number of hydrogen-bond acceptors (Lipinski definition) is 10. The quantitative estimate of drug-likeness (QED) is 0.0427. The van der Waals surface area contributed by atoms with Gasteiger partial charge in [-0.1, -0.05) is 76.2 Å². The summed E-state index contributed by atoms with van der Waals surface area (Å²) in [4.78, 5) is 76.1. The number of phenols is 1. The molecule has 0 radical (unpaired) electrons. The fourth-order valence-corrected chi connectivity index (χ4v) is 7.99. The van der Waals surface area contributed by atoms with Gasteiger partial charge in [-0.3, -0.25) is 34.0 Å². The van der Waals surface area contributed by atoms with E-state index in [4.69, 9.17) is 22.9 Å². The molecule has 3 aromatic carbocycles. The van der Waals surface area contributed by atoms with Crippen molar-refractivity contribution in [3.05, 3.63) is 77.9 Å². The first-order valence-corrected chi connectivity index (χ1v) is 20.5. The first kappa shape index (κ1) is 43.0. The number of hydrogen-bond donors (Lipinski definition) is 10. The van der Waals surface area contributed by atoms with Gasteiger partial charge in [0.15, 0.2) is 11.9 Å². The maximum Gasteiger partial charge on any atom is 0.244 e. The molecule has 0 aliphatic carbocycles. The van der Waals surface area contributed by atoms with Crippen molar-refractivity contribution in [1.82, 2.24) is 26.6 Å². The Hall–Kier alpha value is -5.69. The van der Waals surface area contributed by atoms with Gasteiger partial charge in [-0.15, -0.1) is 0 Å². The highest BCUT2D eigenvalue weighted by atomic mass is 33.1. The third-order valence-electron chi connectivity index (χ3n) is 8.58. The first-order chi connectivity index (χ1) is 26.9. The van der Waals surface area contributed by atoms with Crippen LogP contribution in [-0.2, 0) is 36.8 Å². The molecule has 3 aromatic rings. The summed E-state index contributed by atoms with van der Waals surface area (Å²) < 4.78 is 0. The maximum atomic E-state index is 14.1. The van der Waals surface area contributed by atoms with Gasteiger partial charge < -0.3 is 54.6 Å². The highest BCUT2D eigenvalue weighted by Crippen LogP contribution is 2.24. The molecule has 17 nitrogen and oxygen atoms in total. The van der Waals surface area contributed by atoms with E-state index in [9.17, 15) is 29.1 Å². The predicted octanol–water partition coefficient (Wildman–Crippen LogP) is -0.502. The van der Waals surface area contributed by atoms with E-state index in [-0.39, 0.29) is 68.1 Å². The molecule has 0 spiro atoms. The number of aliphatic imine (C=N–C) groups is 2. The molecule has 4 rings (SSSR count). The standard InChI is InChI=1S/C37H49N11O6S2/c38-36(39)43-15-3-6-27-33(52)47-28(19-23-7-10-24-4-1-2-5-25(24)18-23)34(53)48-29(32(51)42-16-13-22-8-11-26(49)12-9-22)20-55-56-21-30(35(54)46-27)45-31(50)14-17-44-37(40)41/h1-2,4-5,7-12,18,27-30,49H,3,6,13-17,19-21H2,(H,42,51)(H,45,50)(H,46,54)(H,47,52)(H,48,53)(H4,38,39,43)(H4,40,41,44)/t27-,28+,29+,30-/m0/s1. The van der Waals surface area contributed by atoms with Crippen LogP contribution in [0.3, 0.4) is 0 Å². The lowest BCUT2D eigenvalue weighted by Gasteiger charge is -2.27. The molecule has 1 aliphatic heterocycles. The fourth-order valence-electron chi connectivity index (χ4n) is 5.67. The van der Waals surface area contributed by atoms with Crippen LogP contribution in [0.2, 0.25) is 0 Å². The topological polar surface area (TPSA) is 295 Å². The Balaban J connectivity index is 1.61. The Morgan fingerprint density at radius 3 is 2.14 bits per heavy atom. The Morgan fingerprint density at radius 1 is 0.768 bits per heavy atom. The number of carbonyl (C=O) groups is 5. The molecule has 14 N–H and O–H groups in total. The number of nitrogens with one attached hydrogen (secondary N) is 5. The van der Waals surface area contributed by atoms with E-state index in [1.165, 1.54) is 21.6 Å². The van der Waals surface area contributed by atoms with Gasteiger partial charge in [-0.25, -0.2) is 0 Å². The second-order valence-electron chi connectivity index (χ2n) is 13.0. The number of aromatic hydroxyl groups is 1. The molecule has 0 unspecified atom stereocenters. The summed E-state index contributed by atoms with van der Waals surface area (Å²) in [5.41, 5.74) is 23.4. The summed E-state index contributed by atoms with van der Waals surface area (Å²) in [6.45, 7) is 0.423. The van der Waals surface area contributed by atoms with Crippen molar-refractivity contribution >= 4 is 73.8 Å². The van der Waals surface area contributed by atoms with Crippen molar-refractivity contribution in [1.29, 1.82) is 0 Å². The van der Waals surface area contributed by atoms with Crippen molar-refractivity contribution in [3.63, 3.8) is 0 Å². The zero-order valence-electron chi connectivity index (χ0n) is 30.7. The van der Waals surface area contributed by atoms with Crippen LogP contribution < -0.4 is 49.5 Å². The molecule has 1 heterocycles. The lowest BCUT2D eigenvalue weighted by Crippen LogP contribution is -2.59. The van der Waals surface area contributed by atoms with E-state index in [0.717, 1.165) is 21.9 Å². The number of benzene rings is 3. The smallest absolute Gasteiger partial charge is 0.244 e. The summed E-state index contributed by atoms with van der Waals surface area (Å²) in [6, 6.07) is 15.6. The molecule has 4 atom stereocenters. The minimum Gasteiger partial charge on any atom is -0.508 e.